The Labute approximate surface area is 117 Å². The summed E-state index contributed by atoms with van der Waals surface area (Å²) in [6.45, 7) is 2.95. The lowest BCUT2D eigenvalue weighted by molar-refractivity contribution is 0.0690. The van der Waals surface area contributed by atoms with Crippen LogP contribution in [0.2, 0.25) is 0 Å². The lowest BCUT2D eigenvalue weighted by Gasteiger charge is -2.26. The fraction of sp³-hybridized carbons (Fsp3) is 0.400. The molecule has 0 radical (unpaired) electrons. The molecule has 0 aliphatic heterocycles. The van der Waals surface area contributed by atoms with Crippen LogP contribution in [0.1, 0.15) is 36.7 Å². The molecule has 1 aromatic carbocycles. The summed E-state index contributed by atoms with van der Waals surface area (Å²) >= 11 is 0. The maximum atomic E-state index is 11.5. The summed E-state index contributed by atoms with van der Waals surface area (Å²) in [5, 5.41) is 18.2. The van der Waals surface area contributed by atoms with Crippen LogP contribution in [0, 0.1) is 0 Å². The van der Waals surface area contributed by atoms with Crippen LogP contribution in [0.5, 0.6) is 0 Å². The molecule has 104 valence electrons. The topological polar surface area (TPSA) is 66.3 Å². The Hall–Kier alpha value is -2.17. The third-order valence-corrected chi connectivity index (χ3v) is 3.58. The maximum Gasteiger partial charge on any atom is 0.358 e. The number of nitrogens with zero attached hydrogens (tertiary/aromatic N) is 3. The molecule has 0 unspecified atom stereocenters. The van der Waals surface area contributed by atoms with Crippen LogP contribution in [0.4, 0.5) is 5.69 Å². The number of benzene rings is 1. The van der Waals surface area contributed by atoms with Gasteiger partial charge in [-0.1, -0.05) is 25.1 Å². The predicted molar refractivity (Wildman–Crippen MR) is 77.2 cm³/mol. The van der Waals surface area contributed by atoms with Crippen LogP contribution in [0.3, 0.4) is 0 Å². The van der Waals surface area contributed by atoms with E-state index < -0.39 is 5.97 Å². The largest absolute Gasteiger partial charge is 0.476 e. The second-order valence-corrected chi connectivity index (χ2v) is 5.14. The minimum Gasteiger partial charge on any atom is -0.476 e. The highest BCUT2D eigenvalue weighted by atomic mass is 16.4. The molecule has 1 aromatic heterocycles. The number of hydrogen-bond donors (Lipinski definition) is 1. The normalized spacial score (nSPS) is 14.4. The Morgan fingerprint density at radius 3 is 2.75 bits per heavy atom. The van der Waals surface area contributed by atoms with Gasteiger partial charge in [-0.2, -0.15) is 0 Å². The quantitative estimate of drug-likeness (QED) is 0.905. The number of fused-ring (bicyclic) bond motifs is 1. The first-order chi connectivity index (χ1) is 9.72. The predicted octanol–water partition coefficient (Wildman–Crippen LogP) is 2.71. The molecule has 0 amide bonds. The number of anilines is 1. The van der Waals surface area contributed by atoms with Gasteiger partial charge in [0.15, 0.2) is 5.69 Å². The first-order valence-corrected chi connectivity index (χ1v) is 6.97. The van der Waals surface area contributed by atoms with Gasteiger partial charge in [-0.3, -0.25) is 0 Å². The molecule has 1 saturated carbocycles. The molecule has 2 aromatic rings. The van der Waals surface area contributed by atoms with Crippen molar-refractivity contribution in [3.05, 3.63) is 30.0 Å². The Kier molecular flexibility index (Phi) is 3.26. The van der Waals surface area contributed by atoms with Crippen LogP contribution in [0.15, 0.2) is 24.3 Å². The van der Waals surface area contributed by atoms with E-state index in [9.17, 15) is 9.90 Å². The summed E-state index contributed by atoms with van der Waals surface area (Å²) in [4.78, 5) is 13.7. The van der Waals surface area contributed by atoms with Crippen LogP contribution in [0.25, 0.3) is 10.9 Å². The minimum absolute atomic E-state index is 0.0593. The van der Waals surface area contributed by atoms with Crippen LogP contribution < -0.4 is 4.90 Å². The standard InChI is InChI=1S/C15H17N3O2/c1-2-9-18(10-7-8-10)14-11-5-3-4-6-12(11)16-17-13(14)15(19)20/h3-6,10H,2,7-9H2,1H3,(H,19,20). The molecule has 0 bridgehead atoms. The number of carbonyl (C=O) groups is 1. The smallest absolute Gasteiger partial charge is 0.358 e. The zero-order chi connectivity index (χ0) is 14.1. The summed E-state index contributed by atoms with van der Waals surface area (Å²) in [7, 11) is 0. The van der Waals surface area contributed by atoms with Crippen molar-refractivity contribution in [2.75, 3.05) is 11.4 Å². The lowest BCUT2D eigenvalue weighted by Crippen LogP contribution is -2.29. The Balaban J connectivity index is 2.23. The van der Waals surface area contributed by atoms with E-state index in [2.05, 4.69) is 22.0 Å². The molecule has 5 nitrogen and oxygen atoms in total. The van der Waals surface area contributed by atoms with E-state index in [1.807, 2.05) is 24.3 Å². The summed E-state index contributed by atoms with van der Waals surface area (Å²) < 4.78 is 0. The molecular weight excluding hydrogens is 254 g/mol. The zero-order valence-corrected chi connectivity index (χ0v) is 11.4. The molecule has 1 fully saturated rings. The van der Waals surface area contributed by atoms with E-state index in [1.165, 1.54) is 0 Å². The summed E-state index contributed by atoms with van der Waals surface area (Å²) in [6.07, 6.45) is 3.22. The van der Waals surface area contributed by atoms with Gasteiger partial charge < -0.3 is 10.0 Å². The van der Waals surface area contributed by atoms with Crippen molar-refractivity contribution in [3.63, 3.8) is 0 Å². The number of carboxylic acids is 1. The fourth-order valence-corrected chi connectivity index (χ4v) is 2.58. The molecule has 1 aliphatic carbocycles. The van der Waals surface area contributed by atoms with E-state index in [-0.39, 0.29) is 5.69 Å². The van der Waals surface area contributed by atoms with Gasteiger partial charge in [-0.15, -0.1) is 10.2 Å². The van der Waals surface area contributed by atoms with Crippen molar-refractivity contribution in [2.24, 2.45) is 0 Å². The first-order valence-electron chi connectivity index (χ1n) is 6.97. The molecule has 1 heterocycles. The highest BCUT2D eigenvalue weighted by Gasteiger charge is 2.33. The van der Waals surface area contributed by atoms with Crippen molar-refractivity contribution in [1.82, 2.24) is 10.2 Å². The minimum atomic E-state index is -1.01. The number of carboxylic acid groups (broad SMARTS) is 1. The Morgan fingerprint density at radius 2 is 2.10 bits per heavy atom. The average Bonchev–Trinajstić information content (AvgIpc) is 3.28. The molecule has 0 saturated heterocycles. The van der Waals surface area contributed by atoms with Gasteiger partial charge in [-0.25, -0.2) is 4.79 Å². The third kappa shape index (κ3) is 2.19. The van der Waals surface area contributed by atoms with Crippen molar-refractivity contribution in [3.8, 4) is 0 Å². The zero-order valence-electron chi connectivity index (χ0n) is 11.4. The molecule has 5 heteroatoms. The number of hydrogen-bond acceptors (Lipinski definition) is 4. The van der Waals surface area contributed by atoms with Crippen LogP contribution in [-0.4, -0.2) is 33.9 Å². The van der Waals surface area contributed by atoms with Gasteiger partial charge in [0.1, 0.15) is 0 Å². The molecule has 0 atom stereocenters. The van der Waals surface area contributed by atoms with Gasteiger partial charge in [-0.05, 0) is 25.3 Å². The van der Waals surface area contributed by atoms with E-state index in [4.69, 9.17) is 0 Å². The second kappa shape index (κ2) is 5.07. The monoisotopic (exact) mass is 271 g/mol. The Morgan fingerprint density at radius 1 is 1.35 bits per heavy atom. The fourth-order valence-electron chi connectivity index (χ4n) is 2.58. The molecule has 1 aliphatic rings. The average molecular weight is 271 g/mol. The van der Waals surface area contributed by atoms with Crippen molar-refractivity contribution in [2.45, 2.75) is 32.2 Å². The second-order valence-electron chi connectivity index (χ2n) is 5.14. The maximum absolute atomic E-state index is 11.5. The molecule has 20 heavy (non-hydrogen) atoms. The van der Waals surface area contributed by atoms with E-state index in [1.54, 1.807) is 0 Å². The van der Waals surface area contributed by atoms with Gasteiger partial charge in [0.05, 0.1) is 11.2 Å². The highest BCUT2D eigenvalue weighted by Crippen LogP contribution is 2.37. The summed E-state index contributed by atoms with van der Waals surface area (Å²) in [5.74, 6) is -1.01. The third-order valence-electron chi connectivity index (χ3n) is 3.58. The number of aromatic nitrogens is 2. The molecule has 3 rings (SSSR count). The van der Waals surface area contributed by atoms with Gasteiger partial charge in [0, 0.05) is 18.0 Å². The molecule has 0 spiro atoms. The Bertz CT molecular complexity index is 653. The van der Waals surface area contributed by atoms with E-state index in [0.29, 0.717) is 6.04 Å². The lowest BCUT2D eigenvalue weighted by atomic mass is 10.1. The van der Waals surface area contributed by atoms with Gasteiger partial charge in [0.2, 0.25) is 0 Å². The summed E-state index contributed by atoms with van der Waals surface area (Å²) in [5.41, 5.74) is 1.53. The van der Waals surface area contributed by atoms with Gasteiger partial charge >= 0.3 is 5.97 Å². The number of rotatable bonds is 5. The molecular formula is C15H17N3O2. The van der Waals surface area contributed by atoms with Crippen LogP contribution >= 0.6 is 0 Å². The van der Waals surface area contributed by atoms with Crippen molar-refractivity contribution in [1.29, 1.82) is 0 Å². The van der Waals surface area contributed by atoms with E-state index >= 15 is 0 Å². The summed E-state index contributed by atoms with van der Waals surface area (Å²) in [6, 6.07) is 8.05. The van der Waals surface area contributed by atoms with Crippen LogP contribution in [-0.2, 0) is 0 Å². The number of aromatic carboxylic acids is 1. The van der Waals surface area contributed by atoms with Crippen molar-refractivity contribution < 1.29 is 9.90 Å². The van der Waals surface area contributed by atoms with Crippen molar-refractivity contribution >= 4 is 22.6 Å². The van der Waals surface area contributed by atoms with Gasteiger partial charge in [0.25, 0.3) is 0 Å². The SMILES string of the molecule is CCCN(c1c(C(=O)O)nnc2ccccc12)C1CC1. The first kappa shape index (κ1) is 12.8. The highest BCUT2D eigenvalue weighted by molar-refractivity contribution is 6.03. The van der Waals surface area contributed by atoms with E-state index in [0.717, 1.165) is 42.4 Å². The molecule has 1 N–H and O–H groups in total.